The van der Waals surface area contributed by atoms with E-state index in [1.54, 1.807) is 4.90 Å². The molecule has 6 heteroatoms. The molecule has 2 saturated heterocycles. The summed E-state index contributed by atoms with van der Waals surface area (Å²) in [6, 6.07) is 9.77. The molecule has 0 bridgehead atoms. The van der Waals surface area contributed by atoms with Gasteiger partial charge in [-0.05, 0) is 18.4 Å². The second kappa shape index (κ2) is 7.77. The van der Waals surface area contributed by atoms with E-state index in [2.05, 4.69) is 34.1 Å². The third-order valence-corrected chi connectivity index (χ3v) is 4.93. The lowest BCUT2D eigenvalue weighted by molar-refractivity contribution is -0.148. The van der Waals surface area contributed by atoms with Gasteiger partial charge in [-0.2, -0.15) is 0 Å². The molecule has 0 radical (unpaired) electrons. The van der Waals surface area contributed by atoms with Gasteiger partial charge in [0.2, 0.25) is 5.91 Å². The van der Waals surface area contributed by atoms with Gasteiger partial charge in [-0.1, -0.05) is 30.3 Å². The van der Waals surface area contributed by atoms with Crippen LogP contribution in [0, 0.1) is 0 Å². The van der Waals surface area contributed by atoms with Gasteiger partial charge in [-0.15, -0.1) is 0 Å². The Morgan fingerprint density at radius 1 is 1.00 bits per heavy atom. The molecule has 2 aliphatic heterocycles. The van der Waals surface area contributed by atoms with Crippen LogP contribution < -0.4 is 0 Å². The second-order valence-electron chi connectivity index (χ2n) is 6.62. The first kappa shape index (κ1) is 16.9. The van der Waals surface area contributed by atoms with Crippen LogP contribution in [-0.2, 0) is 16.1 Å². The largest absolute Gasteiger partial charge is 0.480 e. The fourth-order valence-corrected chi connectivity index (χ4v) is 3.55. The van der Waals surface area contributed by atoms with Gasteiger partial charge in [-0.3, -0.25) is 14.6 Å². The van der Waals surface area contributed by atoms with E-state index >= 15 is 0 Å². The molecule has 6 nitrogen and oxygen atoms in total. The lowest BCUT2D eigenvalue weighted by Crippen LogP contribution is -2.51. The molecule has 1 aromatic rings. The van der Waals surface area contributed by atoms with Gasteiger partial charge < -0.3 is 10.0 Å². The summed E-state index contributed by atoms with van der Waals surface area (Å²) < 4.78 is 0. The molecular formula is C18H25N3O3. The Morgan fingerprint density at radius 3 is 2.33 bits per heavy atom. The first-order chi connectivity index (χ1) is 11.6. The van der Waals surface area contributed by atoms with Crippen LogP contribution in [0.3, 0.4) is 0 Å². The van der Waals surface area contributed by atoms with Crippen LogP contribution in [0.25, 0.3) is 0 Å². The van der Waals surface area contributed by atoms with Crippen LogP contribution in [0.5, 0.6) is 0 Å². The SMILES string of the molecule is O=C(O)[C@@H]1CCCN1C(=O)CN1CCN(Cc2ccccc2)CC1. The molecular weight excluding hydrogens is 306 g/mol. The average Bonchev–Trinajstić information content (AvgIpc) is 3.08. The zero-order chi connectivity index (χ0) is 16.9. The van der Waals surface area contributed by atoms with Crippen LogP contribution in [0.1, 0.15) is 18.4 Å². The maximum absolute atomic E-state index is 12.4. The fourth-order valence-electron chi connectivity index (χ4n) is 3.55. The van der Waals surface area contributed by atoms with E-state index in [0.29, 0.717) is 19.5 Å². The zero-order valence-electron chi connectivity index (χ0n) is 13.9. The highest BCUT2D eigenvalue weighted by molar-refractivity contribution is 5.85. The first-order valence-corrected chi connectivity index (χ1v) is 8.64. The van der Waals surface area contributed by atoms with Gasteiger partial charge in [0.15, 0.2) is 0 Å². The predicted molar refractivity (Wildman–Crippen MR) is 90.5 cm³/mol. The topological polar surface area (TPSA) is 64.1 Å². The van der Waals surface area contributed by atoms with Gasteiger partial charge in [0.25, 0.3) is 0 Å². The number of nitrogens with zero attached hydrogens (tertiary/aromatic N) is 3. The maximum atomic E-state index is 12.4. The monoisotopic (exact) mass is 331 g/mol. The predicted octanol–water partition coefficient (Wildman–Crippen LogP) is 0.880. The Kier molecular flexibility index (Phi) is 5.48. The summed E-state index contributed by atoms with van der Waals surface area (Å²) in [5, 5.41) is 9.20. The Labute approximate surface area is 142 Å². The molecule has 2 fully saturated rings. The van der Waals surface area contributed by atoms with Gasteiger partial charge in [0.1, 0.15) is 6.04 Å². The Bertz CT molecular complexity index is 570. The molecule has 0 unspecified atom stereocenters. The number of carbonyl (C=O) groups excluding carboxylic acids is 1. The molecule has 24 heavy (non-hydrogen) atoms. The molecule has 2 heterocycles. The summed E-state index contributed by atoms with van der Waals surface area (Å²) in [4.78, 5) is 29.7. The second-order valence-corrected chi connectivity index (χ2v) is 6.62. The number of carbonyl (C=O) groups is 2. The smallest absolute Gasteiger partial charge is 0.326 e. The minimum Gasteiger partial charge on any atom is -0.480 e. The lowest BCUT2D eigenvalue weighted by Gasteiger charge is -2.35. The summed E-state index contributed by atoms with van der Waals surface area (Å²) in [7, 11) is 0. The van der Waals surface area contributed by atoms with Crippen LogP contribution in [0.15, 0.2) is 30.3 Å². The van der Waals surface area contributed by atoms with E-state index in [-0.39, 0.29) is 5.91 Å². The molecule has 0 spiro atoms. The summed E-state index contributed by atoms with van der Waals surface area (Å²) in [6.45, 7) is 5.42. The van der Waals surface area contributed by atoms with Crippen molar-refractivity contribution in [2.24, 2.45) is 0 Å². The van der Waals surface area contributed by atoms with Crippen molar-refractivity contribution in [1.29, 1.82) is 0 Å². The van der Waals surface area contributed by atoms with E-state index in [0.717, 1.165) is 39.1 Å². The number of carboxylic acid groups (broad SMARTS) is 1. The molecule has 2 aliphatic rings. The van der Waals surface area contributed by atoms with Crippen LogP contribution in [-0.4, -0.2) is 77.0 Å². The normalized spacial score (nSPS) is 22.7. The van der Waals surface area contributed by atoms with E-state index in [4.69, 9.17) is 0 Å². The van der Waals surface area contributed by atoms with Crippen molar-refractivity contribution in [3.63, 3.8) is 0 Å². The van der Waals surface area contributed by atoms with Crippen molar-refractivity contribution >= 4 is 11.9 Å². The minimum atomic E-state index is -0.881. The highest BCUT2D eigenvalue weighted by Crippen LogP contribution is 2.18. The molecule has 1 amide bonds. The van der Waals surface area contributed by atoms with Gasteiger partial charge in [0, 0.05) is 39.3 Å². The number of carboxylic acids is 1. The van der Waals surface area contributed by atoms with Crippen molar-refractivity contribution in [2.75, 3.05) is 39.3 Å². The Morgan fingerprint density at radius 2 is 1.67 bits per heavy atom. The standard InChI is InChI=1S/C18H25N3O3/c22-17(21-8-4-7-16(21)18(23)24)14-20-11-9-19(10-12-20)13-15-5-2-1-3-6-15/h1-3,5-6,16H,4,7-14H2,(H,23,24)/t16-/m0/s1. The third-order valence-electron chi connectivity index (χ3n) is 4.93. The number of benzene rings is 1. The number of hydrogen-bond donors (Lipinski definition) is 1. The maximum Gasteiger partial charge on any atom is 0.326 e. The Hall–Kier alpha value is -1.92. The van der Waals surface area contributed by atoms with Crippen molar-refractivity contribution in [2.45, 2.75) is 25.4 Å². The highest BCUT2D eigenvalue weighted by Gasteiger charge is 2.34. The van der Waals surface area contributed by atoms with Crippen molar-refractivity contribution in [3.8, 4) is 0 Å². The quantitative estimate of drug-likeness (QED) is 0.868. The number of piperazine rings is 1. The summed E-state index contributed by atoms with van der Waals surface area (Å²) in [5.74, 6) is -0.926. The number of rotatable bonds is 5. The molecule has 1 atom stereocenters. The van der Waals surface area contributed by atoms with Gasteiger partial charge in [0.05, 0.1) is 6.54 Å². The van der Waals surface area contributed by atoms with E-state index in [1.165, 1.54) is 5.56 Å². The molecule has 1 aromatic carbocycles. The molecule has 130 valence electrons. The number of aliphatic carboxylic acids is 1. The average molecular weight is 331 g/mol. The van der Waals surface area contributed by atoms with E-state index in [9.17, 15) is 14.7 Å². The summed E-state index contributed by atoms with van der Waals surface area (Å²) in [5.41, 5.74) is 1.31. The van der Waals surface area contributed by atoms with Crippen molar-refractivity contribution in [3.05, 3.63) is 35.9 Å². The van der Waals surface area contributed by atoms with Crippen molar-refractivity contribution < 1.29 is 14.7 Å². The highest BCUT2D eigenvalue weighted by atomic mass is 16.4. The van der Waals surface area contributed by atoms with Crippen LogP contribution in [0.4, 0.5) is 0 Å². The molecule has 1 N–H and O–H groups in total. The van der Waals surface area contributed by atoms with Crippen LogP contribution in [0.2, 0.25) is 0 Å². The number of amides is 1. The van der Waals surface area contributed by atoms with Crippen molar-refractivity contribution in [1.82, 2.24) is 14.7 Å². The third kappa shape index (κ3) is 4.13. The summed E-state index contributed by atoms with van der Waals surface area (Å²) >= 11 is 0. The van der Waals surface area contributed by atoms with E-state index < -0.39 is 12.0 Å². The number of hydrogen-bond acceptors (Lipinski definition) is 4. The van der Waals surface area contributed by atoms with Gasteiger partial charge in [-0.25, -0.2) is 4.79 Å². The van der Waals surface area contributed by atoms with E-state index in [1.807, 2.05) is 6.07 Å². The Balaban J connectivity index is 1.45. The fraction of sp³-hybridized carbons (Fsp3) is 0.556. The molecule has 3 rings (SSSR count). The minimum absolute atomic E-state index is 0.0450. The lowest BCUT2D eigenvalue weighted by atomic mass is 10.2. The molecule has 0 saturated carbocycles. The summed E-state index contributed by atoms with van der Waals surface area (Å²) in [6.07, 6.45) is 1.36. The van der Waals surface area contributed by atoms with Crippen LogP contribution >= 0.6 is 0 Å². The molecule has 0 aliphatic carbocycles. The van der Waals surface area contributed by atoms with Gasteiger partial charge >= 0.3 is 5.97 Å². The zero-order valence-corrected chi connectivity index (χ0v) is 13.9. The first-order valence-electron chi connectivity index (χ1n) is 8.64. The number of likely N-dealkylation sites (tertiary alicyclic amines) is 1. The molecule has 0 aromatic heterocycles.